The third-order valence-electron chi connectivity index (χ3n) is 3.77. The molecule has 3 rings (SSSR count). The number of ether oxygens (including phenoxy) is 2. The molecule has 0 amide bonds. The van der Waals surface area contributed by atoms with Crippen LogP contribution in [0.3, 0.4) is 0 Å². The van der Waals surface area contributed by atoms with Gasteiger partial charge in [-0.3, -0.25) is 0 Å². The van der Waals surface area contributed by atoms with E-state index in [1.165, 1.54) is 5.56 Å². The maximum absolute atomic E-state index is 6.08. The highest BCUT2D eigenvalue weighted by atomic mass is 16.5. The lowest BCUT2D eigenvalue weighted by molar-refractivity contribution is 0.266. The Balaban J connectivity index is 1.83. The molecule has 3 nitrogen and oxygen atoms in total. The minimum atomic E-state index is 0.251. The summed E-state index contributed by atoms with van der Waals surface area (Å²) in [5, 5.41) is 0. The zero-order chi connectivity index (χ0) is 14.7. The van der Waals surface area contributed by atoms with Gasteiger partial charge in [0.05, 0.1) is 6.61 Å². The van der Waals surface area contributed by atoms with Crippen LogP contribution >= 0.6 is 0 Å². The van der Waals surface area contributed by atoms with Crippen molar-refractivity contribution in [1.29, 1.82) is 0 Å². The van der Waals surface area contributed by atoms with Gasteiger partial charge >= 0.3 is 0 Å². The Morgan fingerprint density at radius 1 is 1.05 bits per heavy atom. The zero-order valence-electron chi connectivity index (χ0n) is 12.3. The first kappa shape index (κ1) is 14.0. The summed E-state index contributed by atoms with van der Waals surface area (Å²) in [6.45, 7) is 3.15. The van der Waals surface area contributed by atoms with Crippen molar-refractivity contribution in [2.24, 2.45) is 5.73 Å². The smallest absolute Gasteiger partial charge is 0.165 e. The Morgan fingerprint density at radius 2 is 1.81 bits per heavy atom. The van der Waals surface area contributed by atoms with Crippen LogP contribution in [0, 0.1) is 0 Å². The monoisotopic (exact) mass is 283 g/mol. The van der Waals surface area contributed by atoms with E-state index in [-0.39, 0.29) is 6.04 Å². The molecule has 110 valence electrons. The van der Waals surface area contributed by atoms with Crippen LogP contribution in [0.2, 0.25) is 0 Å². The predicted octanol–water partition coefficient (Wildman–Crippen LogP) is 3.48. The van der Waals surface area contributed by atoms with E-state index in [1.54, 1.807) is 0 Å². The van der Waals surface area contributed by atoms with Gasteiger partial charge in [0.25, 0.3) is 0 Å². The van der Waals surface area contributed by atoms with Crippen molar-refractivity contribution in [3.05, 3.63) is 59.7 Å². The summed E-state index contributed by atoms with van der Waals surface area (Å²) in [4.78, 5) is 0. The summed E-state index contributed by atoms with van der Waals surface area (Å²) in [6.07, 6.45) is 1.03. The fourth-order valence-electron chi connectivity index (χ4n) is 2.55. The highest BCUT2D eigenvalue weighted by Crippen LogP contribution is 2.46. The second-order valence-electron chi connectivity index (χ2n) is 5.39. The third-order valence-corrected chi connectivity index (χ3v) is 3.77. The molecule has 2 unspecified atom stereocenters. The van der Waals surface area contributed by atoms with Crippen LogP contribution < -0.4 is 15.2 Å². The Hall–Kier alpha value is -2.00. The first-order chi connectivity index (χ1) is 10.3. The quantitative estimate of drug-likeness (QED) is 0.882. The van der Waals surface area contributed by atoms with Gasteiger partial charge in [0.2, 0.25) is 0 Å². The molecule has 2 aromatic carbocycles. The average molecular weight is 283 g/mol. The molecule has 2 atom stereocenters. The maximum atomic E-state index is 6.08. The Morgan fingerprint density at radius 3 is 2.48 bits per heavy atom. The predicted molar refractivity (Wildman–Crippen MR) is 83.7 cm³/mol. The molecule has 0 radical (unpaired) electrons. The van der Waals surface area contributed by atoms with Crippen molar-refractivity contribution in [3.8, 4) is 11.5 Å². The largest absolute Gasteiger partial charge is 0.490 e. The van der Waals surface area contributed by atoms with Gasteiger partial charge in [-0.05, 0) is 25.0 Å². The lowest BCUT2D eigenvalue weighted by Crippen LogP contribution is -2.05. The summed E-state index contributed by atoms with van der Waals surface area (Å²) in [7, 11) is 0. The molecular weight excluding hydrogens is 262 g/mol. The lowest BCUT2D eigenvalue weighted by atomic mass is 10.1. The molecule has 0 saturated heterocycles. The summed E-state index contributed by atoms with van der Waals surface area (Å²) in [5.74, 6) is 2.06. The number of para-hydroxylation sites is 1. The summed E-state index contributed by atoms with van der Waals surface area (Å²) in [6, 6.07) is 16.5. The number of rotatable bonds is 6. The molecule has 0 spiro atoms. The van der Waals surface area contributed by atoms with Gasteiger partial charge in [0, 0.05) is 17.5 Å². The Bertz CT molecular complexity index is 597. The van der Waals surface area contributed by atoms with E-state index in [4.69, 9.17) is 15.2 Å². The van der Waals surface area contributed by atoms with Crippen LogP contribution in [-0.4, -0.2) is 12.6 Å². The molecule has 2 N–H and O–H groups in total. The minimum Gasteiger partial charge on any atom is -0.490 e. The molecule has 0 bridgehead atoms. The van der Waals surface area contributed by atoms with Gasteiger partial charge in [0.1, 0.15) is 6.61 Å². The van der Waals surface area contributed by atoms with E-state index in [9.17, 15) is 0 Å². The molecule has 1 fully saturated rings. The summed E-state index contributed by atoms with van der Waals surface area (Å²) in [5.41, 5.74) is 8.32. The average Bonchev–Trinajstić information content (AvgIpc) is 3.24. The number of nitrogens with two attached hydrogens (primary N) is 1. The van der Waals surface area contributed by atoms with Gasteiger partial charge in [-0.25, -0.2) is 0 Å². The molecule has 3 heteroatoms. The Kier molecular flexibility index (Phi) is 4.11. The number of hydrogen-bond acceptors (Lipinski definition) is 3. The molecule has 0 aromatic heterocycles. The van der Waals surface area contributed by atoms with Crippen LogP contribution in [0.4, 0.5) is 0 Å². The zero-order valence-corrected chi connectivity index (χ0v) is 12.3. The minimum absolute atomic E-state index is 0.251. The van der Waals surface area contributed by atoms with Crippen LogP contribution in [0.5, 0.6) is 11.5 Å². The third kappa shape index (κ3) is 3.19. The van der Waals surface area contributed by atoms with Crippen molar-refractivity contribution in [1.82, 2.24) is 0 Å². The van der Waals surface area contributed by atoms with Crippen LogP contribution in [0.1, 0.15) is 30.4 Å². The first-order valence-electron chi connectivity index (χ1n) is 7.47. The second-order valence-corrected chi connectivity index (χ2v) is 5.39. The summed E-state index contributed by atoms with van der Waals surface area (Å²) >= 11 is 0. The summed E-state index contributed by atoms with van der Waals surface area (Å²) < 4.78 is 11.8. The second kappa shape index (κ2) is 6.19. The van der Waals surface area contributed by atoms with Crippen LogP contribution in [0.15, 0.2) is 48.5 Å². The van der Waals surface area contributed by atoms with Gasteiger partial charge in [-0.1, -0.05) is 42.5 Å². The number of hydrogen-bond donors (Lipinski definition) is 1. The normalized spacial score (nSPS) is 20.1. The van der Waals surface area contributed by atoms with Crippen molar-refractivity contribution >= 4 is 0 Å². The van der Waals surface area contributed by atoms with Gasteiger partial charge in [-0.2, -0.15) is 0 Å². The van der Waals surface area contributed by atoms with Crippen molar-refractivity contribution in [2.75, 3.05) is 6.61 Å². The molecule has 21 heavy (non-hydrogen) atoms. The highest BCUT2D eigenvalue weighted by molar-refractivity contribution is 5.50. The van der Waals surface area contributed by atoms with Crippen molar-refractivity contribution in [3.63, 3.8) is 0 Å². The standard InChI is InChI=1S/C18H21NO2/c1-2-20-17-10-6-9-14(15-11-16(15)19)18(17)21-12-13-7-4-3-5-8-13/h3-10,15-16H,2,11-12,19H2,1H3. The lowest BCUT2D eigenvalue weighted by Gasteiger charge is -2.16. The first-order valence-corrected chi connectivity index (χ1v) is 7.47. The molecule has 1 saturated carbocycles. The number of benzene rings is 2. The van der Waals surface area contributed by atoms with E-state index in [2.05, 4.69) is 18.2 Å². The molecule has 0 heterocycles. The maximum Gasteiger partial charge on any atom is 0.165 e. The van der Waals surface area contributed by atoms with Crippen molar-refractivity contribution < 1.29 is 9.47 Å². The van der Waals surface area contributed by atoms with Gasteiger partial charge in [-0.15, -0.1) is 0 Å². The van der Waals surface area contributed by atoms with Gasteiger partial charge < -0.3 is 15.2 Å². The van der Waals surface area contributed by atoms with E-state index >= 15 is 0 Å². The molecule has 0 aliphatic heterocycles. The van der Waals surface area contributed by atoms with E-state index in [1.807, 2.05) is 37.3 Å². The molecule has 1 aliphatic rings. The van der Waals surface area contributed by atoms with Crippen molar-refractivity contribution in [2.45, 2.75) is 31.9 Å². The molecule has 1 aliphatic carbocycles. The van der Waals surface area contributed by atoms with E-state index in [0.717, 1.165) is 23.5 Å². The molecule has 2 aromatic rings. The van der Waals surface area contributed by atoms with E-state index in [0.29, 0.717) is 19.1 Å². The van der Waals surface area contributed by atoms with Crippen LogP contribution in [-0.2, 0) is 6.61 Å². The van der Waals surface area contributed by atoms with E-state index < -0.39 is 0 Å². The molecular formula is C18H21NO2. The SMILES string of the molecule is CCOc1cccc(C2CC2N)c1OCc1ccccc1. The topological polar surface area (TPSA) is 44.5 Å². The fourth-order valence-corrected chi connectivity index (χ4v) is 2.55. The highest BCUT2D eigenvalue weighted by Gasteiger charge is 2.37. The van der Waals surface area contributed by atoms with Crippen LogP contribution in [0.25, 0.3) is 0 Å². The fraction of sp³-hybridized carbons (Fsp3) is 0.333. The van der Waals surface area contributed by atoms with Gasteiger partial charge in [0.15, 0.2) is 11.5 Å². The Labute approximate surface area is 125 Å².